The number of amides is 1. The Kier molecular flexibility index (Phi) is 6.55. The molecule has 1 rings (SSSR count). The summed E-state index contributed by atoms with van der Waals surface area (Å²) in [5.41, 5.74) is 0.719. The lowest BCUT2D eigenvalue weighted by molar-refractivity contribution is -0.141. The number of hydrogen-bond acceptors (Lipinski definition) is 2. The highest BCUT2D eigenvalue weighted by atomic mass is 35.5. The van der Waals surface area contributed by atoms with Crippen molar-refractivity contribution < 1.29 is 14.7 Å². The van der Waals surface area contributed by atoms with Crippen molar-refractivity contribution in [3.8, 4) is 0 Å². The lowest BCUT2D eigenvalue weighted by Gasteiger charge is -2.05. The average molecular weight is 316 g/mol. The summed E-state index contributed by atoms with van der Waals surface area (Å²) in [6.45, 7) is 1.91. The van der Waals surface area contributed by atoms with E-state index in [0.717, 1.165) is 5.56 Å². The van der Waals surface area contributed by atoms with Gasteiger partial charge in [0.25, 0.3) is 0 Å². The molecule has 0 aliphatic heterocycles. The number of benzene rings is 1. The van der Waals surface area contributed by atoms with Crippen molar-refractivity contribution in [2.75, 3.05) is 6.54 Å². The molecule has 1 unspecified atom stereocenters. The van der Waals surface area contributed by atoms with Crippen LogP contribution in [0.15, 0.2) is 24.3 Å². The van der Waals surface area contributed by atoms with Gasteiger partial charge in [-0.15, -0.1) is 0 Å². The number of hydrogen-bond donors (Lipinski definition) is 2. The summed E-state index contributed by atoms with van der Waals surface area (Å²) < 4.78 is 0. The van der Waals surface area contributed by atoms with Crippen molar-refractivity contribution in [1.82, 2.24) is 5.32 Å². The minimum absolute atomic E-state index is 0.293. The minimum Gasteiger partial charge on any atom is -0.481 e. The summed E-state index contributed by atoms with van der Waals surface area (Å²) in [4.78, 5) is 22.1. The molecule has 0 heterocycles. The molecule has 0 saturated heterocycles. The van der Waals surface area contributed by atoms with E-state index >= 15 is 0 Å². The van der Waals surface area contributed by atoms with Crippen molar-refractivity contribution in [1.29, 1.82) is 0 Å². The Balaban J connectivity index is 2.45. The average Bonchev–Trinajstić information content (AvgIpc) is 2.35. The van der Waals surface area contributed by atoms with Crippen LogP contribution in [0.4, 0.5) is 0 Å². The summed E-state index contributed by atoms with van der Waals surface area (Å²) in [5.74, 6) is -1.65. The molecule has 0 aliphatic carbocycles. The molecule has 20 heavy (non-hydrogen) atoms. The monoisotopic (exact) mass is 315 g/mol. The first-order valence-corrected chi connectivity index (χ1v) is 6.79. The van der Waals surface area contributed by atoms with Crippen molar-refractivity contribution in [2.45, 2.75) is 13.3 Å². The quantitative estimate of drug-likeness (QED) is 0.792. The molecule has 2 N–H and O–H groups in total. The van der Waals surface area contributed by atoms with Crippen molar-refractivity contribution in [3.63, 3.8) is 0 Å². The first-order valence-electron chi connectivity index (χ1n) is 6.03. The summed E-state index contributed by atoms with van der Waals surface area (Å²) in [6, 6.07) is 4.97. The second kappa shape index (κ2) is 7.92. The Morgan fingerprint density at radius 3 is 2.45 bits per heavy atom. The van der Waals surface area contributed by atoms with Gasteiger partial charge >= 0.3 is 5.97 Å². The zero-order valence-corrected chi connectivity index (χ0v) is 12.4. The van der Waals surface area contributed by atoms with Crippen LogP contribution in [0.3, 0.4) is 0 Å². The molecule has 1 aromatic carbocycles. The Morgan fingerprint density at radius 2 is 1.90 bits per heavy atom. The second-order valence-corrected chi connectivity index (χ2v) is 5.23. The number of halogens is 2. The number of rotatable bonds is 6. The fourth-order valence-corrected chi connectivity index (χ4v) is 1.98. The van der Waals surface area contributed by atoms with Gasteiger partial charge in [0.1, 0.15) is 0 Å². The van der Waals surface area contributed by atoms with Gasteiger partial charge in [0.05, 0.1) is 5.92 Å². The molecule has 6 heteroatoms. The predicted molar refractivity (Wildman–Crippen MR) is 79.9 cm³/mol. The molecule has 0 aromatic heterocycles. The third kappa shape index (κ3) is 6.08. The van der Waals surface area contributed by atoms with Crippen molar-refractivity contribution >= 4 is 41.2 Å². The zero-order valence-electron chi connectivity index (χ0n) is 10.9. The summed E-state index contributed by atoms with van der Waals surface area (Å²) in [6.07, 6.45) is 3.33. The van der Waals surface area contributed by atoms with E-state index < -0.39 is 11.9 Å². The van der Waals surface area contributed by atoms with Crippen LogP contribution in [0.25, 0.3) is 6.08 Å². The van der Waals surface area contributed by atoms with Crippen LogP contribution in [-0.2, 0) is 9.59 Å². The fourth-order valence-electron chi connectivity index (χ4n) is 1.44. The lowest BCUT2D eigenvalue weighted by Crippen LogP contribution is -2.25. The van der Waals surface area contributed by atoms with Gasteiger partial charge in [-0.25, -0.2) is 0 Å². The highest BCUT2D eigenvalue weighted by molar-refractivity contribution is 6.34. The molecular weight excluding hydrogens is 301 g/mol. The molecule has 0 fully saturated rings. The second-order valence-electron chi connectivity index (χ2n) is 4.36. The van der Waals surface area contributed by atoms with E-state index in [4.69, 9.17) is 28.3 Å². The van der Waals surface area contributed by atoms with Crippen LogP contribution in [0.5, 0.6) is 0 Å². The summed E-state index contributed by atoms with van der Waals surface area (Å²) in [5, 5.41) is 12.3. The van der Waals surface area contributed by atoms with E-state index in [0.29, 0.717) is 23.0 Å². The van der Waals surface area contributed by atoms with Gasteiger partial charge in [-0.2, -0.15) is 0 Å². The number of carbonyl (C=O) groups excluding carboxylic acids is 1. The molecule has 0 saturated carbocycles. The number of carboxylic acid groups (broad SMARTS) is 1. The fraction of sp³-hybridized carbons (Fsp3) is 0.286. The van der Waals surface area contributed by atoms with Gasteiger partial charge in [-0.05, 0) is 36.3 Å². The lowest BCUT2D eigenvalue weighted by atomic mass is 10.1. The van der Waals surface area contributed by atoms with E-state index in [1.165, 1.54) is 6.08 Å². The smallest absolute Gasteiger partial charge is 0.306 e. The molecule has 1 amide bonds. The van der Waals surface area contributed by atoms with E-state index in [1.807, 2.05) is 0 Å². The maximum atomic E-state index is 11.5. The Hall–Kier alpha value is -1.52. The zero-order chi connectivity index (χ0) is 15.1. The summed E-state index contributed by atoms with van der Waals surface area (Å²) in [7, 11) is 0. The van der Waals surface area contributed by atoms with Gasteiger partial charge in [-0.1, -0.05) is 30.1 Å². The molecule has 0 spiro atoms. The van der Waals surface area contributed by atoms with E-state index in [9.17, 15) is 9.59 Å². The molecule has 0 bridgehead atoms. The van der Waals surface area contributed by atoms with Crippen molar-refractivity contribution in [2.24, 2.45) is 5.92 Å². The van der Waals surface area contributed by atoms with Gasteiger partial charge in [-0.3, -0.25) is 9.59 Å². The largest absolute Gasteiger partial charge is 0.481 e. The van der Waals surface area contributed by atoms with Crippen LogP contribution in [0.1, 0.15) is 18.9 Å². The molecular formula is C14H15Cl2NO3. The molecule has 0 radical (unpaired) electrons. The standard InChI is InChI=1S/C14H15Cl2NO3/c1-9(14(19)20)4-5-17-13(18)3-2-10-6-11(15)8-12(16)7-10/h2-3,6-9H,4-5H2,1H3,(H,17,18)(H,19,20)/b3-2+. The highest BCUT2D eigenvalue weighted by Gasteiger charge is 2.10. The Morgan fingerprint density at radius 1 is 1.30 bits per heavy atom. The number of carbonyl (C=O) groups is 2. The summed E-state index contributed by atoms with van der Waals surface area (Å²) >= 11 is 11.7. The van der Waals surface area contributed by atoms with E-state index in [2.05, 4.69) is 5.32 Å². The third-order valence-electron chi connectivity index (χ3n) is 2.61. The molecule has 1 aromatic rings. The van der Waals surface area contributed by atoms with Crippen LogP contribution in [0, 0.1) is 5.92 Å². The SMILES string of the molecule is CC(CCNC(=O)/C=C/c1cc(Cl)cc(Cl)c1)C(=O)O. The normalized spacial score (nSPS) is 12.3. The van der Waals surface area contributed by atoms with Crippen LogP contribution in [0.2, 0.25) is 10.0 Å². The minimum atomic E-state index is -0.872. The highest BCUT2D eigenvalue weighted by Crippen LogP contribution is 2.19. The first kappa shape index (κ1) is 16.5. The Labute approximate surface area is 127 Å². The topological polar surface area (TPSA) is 66.4 Å². The van der Waals surface area contributed by atoms with Crippen LogP contribution in [-0.4, -0.2) is 23.5 Å². The van der Waals surface area contributed by atoms with Gasteiger partial charge in [0.2, 0.25) is 5.91 Å². The maximum absolute atomic E-state index is 11.5. The van der Waals surface area contributed by atoms with E-state index in [-0.39, 0.29) is 5.91 Å². The molecule has 108 valence electrons. The first-order chi connectivity index (χ1) is 9.38. The Bertz CT molecular complexity index is 509. The van der Waals surface area contributed by atoms with Crippen LogP contribution < -0.4 is 5.32 Å². The van der Waals surface area contributed by atoms with Crippen molar-refractivity contribution in [3.05, 3.63) is 39.9 Å². The predicted octanol–water partition coefficient (Wildman–Crippen LogP) is 3.23. The van der Waals surface area contributed by atoms with Gasteiger partial charge in [0, 0.05) is 22.7 Å². The molecule has 1 atom stereocenters. The van der Waals surface area contributed by atoms with Crippen LogP contribution >= 0.6 is 23.2 Å². The third-order valence-corrected chi connectivity index (χ3v) is 3.05. The van der Waals surface area contributed by atoms with E-state index in [1.54, 1.807) is 31.2 Å². The van der Waals surface area contributed by atoms with Gasteiger partial charge < -0.3 is 10.4 Å². The number of nitrogens with one attached hydrogen (secondary N) is 1. The number of carboxylic acids is 1. The molecule has 4 nitrogen and oxygen atoms in total. The maximum Gasteiger partial charge on any atom is 0.306 e. The number of aliphatic carboxylic acids is 1. The van der Waals surface area contributed by atoms with Gasteiger partial charge in [0.15, 0.2) is 0 Å². The molecule has 0 aliphatic rings.